The van der Waals surface area contributed by atoms with E-state index >= 15 is 0 Å². The van der Waals surface area contributed by atoms with Gasteiger partial charge >= 0.3 is 0 Å². The van der Waals surface area contributed by atoms with Crippen molar-refractivity contribution >= 4 is 0 Å². The number of aryl methyl sites for hydroxylation is 1. The Morgan fingerprint density at radius 3 is 2.75 bits per heavy atom. The van der Waals surface area contributed by atoms with Gasteiger partial charge in [0.05, 0.1) is 19.4 Å². The molecule has 2 rings (SSSR count). The minimum Gasteiger partial charge on any atom is -0.468 e. The van der Waals surface area contributed by atoms with Gasteiger partial charge in [0.25, 0.3) is 0 Å². The van der Waals surface area contributed by atoms with Crippen LogP contribution in [0.15, 0.2) is 27.2 Å². The van der Waals surface area contributed by atoms with Gasteiger partial charge in [-0.05, 0) is 18.7 Å². The summed E-state index contributed by atoms with van der Waals surface area (Å²) in [7, 11) is 0. The second-order valence-electron chi connectivity index (χ2n) is 3.60. The lowest BCUT2D eigenvalue weighted by atomic mass is 10.4. The van der Waals surface area contributed by atoms with Crippen molar-refractivity contribution in [3.05, 3.63) is 35.9 Å². The quantitative estimate of drug-likeness (QED) is 0.772. The van der Waals surface area contributed by atoms with E-state index in [9.17, 15) is 0 Å². The van der Waals surface area contributed by atoms with Crippen LogP contribution in [-0.2, 0) is 13.1 Å². The molecular formula is C11H15N3O2. The molecule has 0 N–H and O–H groups in total. The molecule has 0 spiro atoms. The molecule has 86 valence electrons. The van der Waals surface area contributed by atoms with Gasteiger partial charge in [0.2, 0.25) is 11.8 Å². The van der Waals surface area contributed by atoms with E-state index in [-0.39, 0.29) is 0 Å². The van der Waals surface area contributed by atoms with Gasteiger partial charge in [0, 0.05) is 6.92 Å². The summed E-state index contributed by atoms with van der Waals surface area (Å²) in [4.78, 5) is 2.17. The van der Waals surface area contributed by atoms with Crippen LogP contribution < -0.4 is 0 Å². The molecule has 5 heteroatoms. The fraction of sp³-hybridized carbons (Fsp3) is 0.455. The van der Waals surface area contributed by atoms with Crippen LogP contribution in [0.2, 0.25) is 0 Å². The number of rotatable bonds is 5. The molecule has 0 aliphatic heterocycles. The highest BCUT2D eigenvalue weighted by Gasteiger charge is 2.10. The number of hydrogen-bond donors (Lipinski definition) is 0. The molecule has 2 aromatic heterocycles. The molecule has 0 aliphatic rings. The van der Waals surface area contributed by atoms with Crippen molar-refractivity contribution in [2.75, 3.05) is 6.54 Å². The van der Waals surface area contributed by atoms with Crippen LogP contribution in [0.5, 0.6) is 0 Å². The molecular weight excluding hydrogens is 206 g/mol. The van der Waals surface area contributed by atoms with E-state index in [1.807, 2.05) is 12.1 Å². The Labute approximate surface area is 94.1 Å². The first kappa shape index (κ1) is 10.9. The van der Waals surface area contributed by atoms with Crippen molar-refractivity contribution in [2.45, 2.75) is 26.9 Å². The summed E-state index contributed by atoms with van der Waals surface area (Å²) in [5.41, 5.74) is 0. The maximum Gasteiger partial charge on any atom is 0.230 e. The Bertz CT molecular complexity index is 422. The number of nitrogens with zero attached hydrogens (tertiary/aromatic N) is 3. The van der Waals surface area contributed by atoms with Crippen molar-refractivity contribution in [3.8, 4) is 0 Å². The molecule has 0 saturated heterocycles. The van der Waals surface area contributed by atoms with Gasteiger partial charge in [0.15, 0.2) is 0 Å². The lowest BCUT2D eigenvalue weighted by Gasteiger charge is -2.16. The first-order valence-corrected chi connectivity index (χ1v) is 5.31. The standard InChI is InChI=1S/C11H15N3O2/c1-3-14(7-10-5-4-6-15-10)8-11-13-12-9(2)16-11/h4-6H,3,7-8H2,1-2H3. The van der Waals surface area contributed by atoms with Gasteiger partial charge in [0.1, 0.15) is 5.76 Å². The lowest BCUT2D eigenvalue weighted by Crippen LogP contribution is -2.22. The van der Waals surface area contributed by atoms with Gasteiger partial charge in [-0.1, -0.05) is 6.92 Å². The second-order valence-corrected chi connectivity index (χ2v) is 3.60. The van der Waals surface area contributed by atoms with Crippen molar-refractivity contribution in [2.24, 2.45) is 0 Å². The van der Waals surface area contributed by atoms with Gasteiger partial charge in [-0.25, -0.2) is 0 Å². The maximum atomic E-state index is 5.34. The summed E-state index contributed by atoms with van der Waals surface area (Å²) in [6.45, 7) is 6.19. The summed E-state index contributed by atoms with van der Waals surface area (Å²) in [5.74, 6) is 2.19. The zero-order chi connectivity index (χ0) is 11.4. The zero-order valence-electron chi connectivity index (χ0n) is 9.51. The highest BCUT2D eigenvalue weighted by molar-refractivity contribution is 4.98. The van der Waals surface area contributed by atoms with E-state index < -0.39 is 0 Å². The number of furan rings is 1. The summed E-state index contributed by atoms with van der Waals surface area (Å²) < 4.78 is 10.6. The van der Waals surface area contributed by atoms with Gasteiger partial charge in [-0.3, -0.25) is 4.90 Å². The molecule has 0 amide bonds. The first-order chi connectivity index (χ1) is 7.78. The molecule has 0 unspecified atom stereocenters. The molecule has 0 radical (unpaired) electrons. The third kappa shape index (κ3) is 2.70. The predicted molar refractivity (Wildman–Crippen MR) is 57.5 cm³/mol. The summed E-state index contributed by atoms with van der Waals surface area (Å²) in [5, 5.41) is 7.78. The molecule has 16 heavy (non-hydrogen) atoms. The van der Waals surface area contributed by atoms with E-state index in [4.69, 9.17) is 8.83 Å². The van der Waals surface area contributed by atoms with E-state index in [1.165, 1.54) is 0 Å². The van der Waals surface area contributed by atoms with Crippen molar-refractivity contribution in [1.82, 2.24) is 15.1 Å². The Hall–Kier alpha value is -1.62. The normalized spacial score (nSPS) is 11.2. The van der Waals surface area contributed by atoms with Crippen LogP contribution in [0.3, 0.4) is 0 Å². The van der Waals surface area contributed by atoms with Gasteiger partial charge in [-0.15, -0.1) is 10.2 Å². The van der Waals surface area contributed by atoms with Gasteiger partial charge < -0.3 is 8.83 Å². The van der Waals surface area contributed by atoms with Crippen LogP contribution >= 0.6 is 0 Å². The molecule has 0 saturated carbocycles. The number of aromatic nitrogens is 2. The van der Waals surface area contributed by atoms with Gasteiger partial charge in [-0.2, -0.15) is 0 Å². The maximum absolute atomic E-state index is 5.34. The Morgan fingerprint density at radius 2 is 2.19 bits per heavy atom. The highest BCUT2D eigenvalue weighted by atomic mass is 16.4. The minimum absolute atomic E-state index is 0.601. The Kier molecular flexibility index (Phi) is 3.36. The fourth-order valence-corrected chi connectivity index (χ4v) is 1.50. The topological polar surface area (TPSA) is 55.3 Å². The molecule has 0 fully saturated rings. The summed E-state index contributed by atoms with van der Waals surface area (Å²) in [6, 6.07) is 3.85. The summed E-state index contributed by atoms with van der Waals surface area (Å²) in [6.07, 6.45) is 1.68. The fourth-order valence-electron chi connectivity index (χ4n) is 1.50. The molecule has 5 nitrogen and oxygen atoms in total. The van der Waals surface area contributed by atoms with E-state index in [0.29, 0.717) is 18.3 Å². The van der Waals surface area contributed by atoms with Crippen molar-refractivity contribution in [3.63, 3.8) is 0 Å². The van der Waals surface area contributed by atoms with E-state index in [1.54, 1.807) is 13.2 Å². The average molecular weight is 221 g/mol. The SMILES string of the molecule is CCN(Cc1ccco1)Cc1nnc(C)o1. The monoisotopic (exact) mass is 221 g/mol. The molecule has 2 heterocycles. The Morgan fingerprint density at radius 1 is 1.31 bits per heavy atom. The third-order valence-corrected chi connectivity index (χ3v) is 2.33. The van der Waals surface area contributed by atoms with Crippen LogP contribution in [0.25, 0.3) is 0 Å². The smallest absolute Gasteiger partial charge is 0.230 e. The molecule has 0 bridgehead atoms. The minimum atomic E-state index is 0.601. The highest BCUT2D eigenvalue weighted by Crippen LogP contribution is 2.09. The van der Waals surface area contributed by atoms with Crippen LogP contribution in [-0.4, -0.2) is 21.6 Å². The van der Waals surface area contributed by atoms with Crippen LogP contribution in [0.1, 0.15) is 24.5 Å². The summed E-state index contributed by atoms with van der Waals surface area (Å²) >= 11 is 0. The molecule has 0 aliphatic carbocycles. The van der Waals surface area contributed by atoms with Crippen LogP contribution in [0, 0.1) is 6.92 Å². The van der Waals surface area contributed by atoms with Crippen LogP contribution in [0.4, 0.5) is 0 Å². The first-order valence-electron chi connectivity index (χ1n) is 5.31. The zero-order valence-corrected chi connectivity index (χ0v) is 9.51. The molecule has 2 aromatic rings. The van der Waals surface area contributed by atoms with E-state index in [2.05, 4.69) is 22.0 Å². The second kappa shape index (κ2) is 4.94. The largest absolute Gasteiger partial charge is 0.468 e. The van der Waals surface area contributed by atoms with Crippen molar-refractivity contribution < 1.29 is 8.83 Å². The average Bonchev–Trinajstić information content (AvgIpc) is 2.89. The van der Waals surface area contributed by atoms with E-state index in [0.717, 1.165) is 18.8 Å². The number of hydrogen-bond acceptors (Lipinski definition) is 5. The van der Waals surface area contributed by atoms with Crippen molar-refractivity contribution in [1.29, 1.82) is 0 Å². The molecule has 0 aromatic carbocycles. The third-order valence-electron chi connectivity index (χ3n) is 2.33. The Balaban J connectivity index is 1.95. The predicted octanol–water partition coefficient (Wildman–Crippen LogP) is 1.99. The lowest BCUT2D eigenvalue weighted by molar-refractivity contribution is 0.223. The molecule has 0 atom stereocenters.